The minimum Gasteiger partial charge on any atom is -0.467 e. The second-order valence-corrected chi connectivity index (χ2v) is 11.7. The van der Waals surface area contributed by atoms with Crippen LogP contribution in [0.3, 0.4) is 0 Å². The van der Waals surface area contributed by atoms with Gasteiger partial charge in [-0.25, -0.2) is 9.59 Å². The molecule has 0 radical (unpaired) electrons. The van der Waals surface area contributed by atoms with Crippen molar-refractivity contribution in [1.82, 2.24) is 10.8 Å². The van der Waals surface area contributed by atoms with Gasteiger partial charge in [0.15, 0.2) is 18.3 Å². The molecule has 0 aliphatic carbocycles. The lowest BCUT2D eigenvalue weighted by Crippen LogP contribution is -2.64. The van der Waals surface area contributed by atoms with Gasteiger partial charge in [-0.15, -0.1) is 0 Å². The number of amides is 2. The smallest absolute Gasteiger partial charge is 0.431 e. The molecule has 5 atom stereocenters. The number of nitrogens with one attached hydrogen (secondary N) is 2. The zero-order valence-electron chi connectivity index (χ0n) is 29.5. The summed E-state index contributed by atoms with van der Waals surface area (Å²) in [6.45, 7) is 8.62. The van der Waals surface area contributed by atoms with Gasteiger partial charge in [-0.3, -0.25) is 24.0 Å². The fourth-order valence-corrected chi connectivity index (χ4v) is 4.42. The lowest BCUT2D eigenvalue weighted by atomic mass is 9.97. The van der Waals surface area contributed by atoms with E-state index >= 15 is 0 Å². The Morgan fingerprint density at radius 2 is 1.41 bits per heavy atom. The highest BCUT2D eigenvalue weighted by Gasteiger charge is 2.56. The van der Waals surface area contributed by atoms with Crippen molar-refractivity contribution in [2.24, 2.45) is 0 Å². The Hall–Kier alpha value is -4.56. The molecule has 1 fully saturated rings. The predicted molar refractivity (Wildman–Crippen MR) is 170 cm³/mol. The number of carbonyl (C=O) groups excluding carboxylic acids is 6. The summed E-state index contributed by atoms with van der Waals surface area (Å²) in [7, 11) is 1.04. The van der Waals surface area contributed by atoms with Crippen LogP contribution in [0.1, 0.15) is 57.5 Å². The molecule has 0 aromatic heterocycles. The third-order valence-corrected chi connectivity index (χ3v) is 6.34. The molecule has 1 aliphatic heterocycles. The number of hydrogen-bond acceptors (Lipinski definition) is 17. The second kappa shape index (κ2) is 21.0. The first-order valence-electron chi connectivity index (χ1n) is 15.8. The van der Waals surface area contributed by atoms with Gasteiger partial charge in [-0.2, -0.15) is 5.48 Å². The molecule has 2 rings (SSSR count). The van der Waals surface area contributed by atoms with Crippen LogP contribution in [0.5, 0.6) is 5.75 Å². The molecule has 1 aromatic carbocycles. The van der Waals surface area contributed by atoms with Gasteiger partial charge in [0, 0.05) is 27.3 Å². The van der Waals surface area contributed by atoms with E-state index in [2.05, 4.69) is 10.8 Å². The van der Waals surface area contributed by atoms with Gasteiger partial charge in [0.05, 0.1) is 52.3 Å². The van der Waals surface area contributed by atoms with Crippen LogP contribution in [0.4, 0.5) is 4.79 Å². The van der Waals surface area contributed by atoms with Crippen molar-refractivity contribution in [1.29, 1.82) is 0 Å². The minimum absolute atomic E-state index is 0.0452. The molecular weight excluding hydrogens is 684 g/mol. The zero-order valence-corrected chi connectivity index (χ0v) is 29.5. The Morgan fingerprint density at radius 3 is 2.00 bits per heavy atom. The zero-order chi connectivity index (χ0) is 38.1. The Labute approximate surface area is 294 Å². The second-order valence-electron chi connectivity index (χ2n) is 11.7. The van der Waals surface area contributed by atoms with Gasteiger partial charge < -0.3 is 53.1 Å². The van der Waals surface area contributed by atoms with Crippen LogP contribution in [0.15, 0.2) is 18.2 Å². The number of esters is 4. The van der Waals surface area contributed by atoms with Crippen molar-refractivity contribution in [3.05, 3.63) is 29.3 Å². The van der Waals surface area contributed by atoms with Crippen LogP contribution >= 0.6 is 0 Å². The first-order valence-corrected chi connectivity index (χ1v) is 15.8. The quantitative estimate of drug-likeness (QED) is 0.0805. The topological polar surface area (TPSA) is 239 Å². The lowest BCUT2D eigenvalue weighted by molar-refractivity contribution is -0.282. The average Bonchev–Trinajstić information content (AvgIpc) is 3.04. The van der Waals surface area contributed by atoms with E-state index in [9.17, 15) is 33.9 Å². The number of carbonyl (C=O) groups is 6. The summed E-state index contributed by atoms with van der Waals surface area (Å²) in [5, 5.41) is 12.4. The molecule has 0 bridgehead atoms. The van der Waals surface area contributed by atoms with Gasteiger partial charge >= 0.3 is 30.0 Å². The number of ether oxygens (including phenoxy) is 9. The van der Waals surface area contributed by atoms with E-state index in [0.717, 1.165) is 27.9 Å². The van der Waals surface area contributed by atoms with E-state index in [1.807, 2.05) is 0 Å². The highest BCUT2D eigenvalue weighted by molar-refractivity contribution is 5.97. The summed E-state index contributed by atoms with van der Waals surface area (Å²) >= 11 is 0. The van der Waals surface area contributed by atoms with Crippen molar-refractivity contribution >= 4 is 35.9 Å². The van der Waals surface area contributed by atoms with Crippen LogP contribution < -0.4 is 15.5 Å². The number of rotatable bonds is 18. The minimum atomic E-state index is -1.71. The maximum Gasteiger partial charge on any atom is 0.431 e. The highest BCUT2D eigenvalue weighted by Crippen LogP contribution is 2.32. The lowest BCUT2D eigenvalue weighted by Gasteiger charge is -2.43. The van der Waals surface area contributed by atoms with E-state index in [1.54, 1.807) is 20.8 Å². The first kappa shape index (κ1) is 42.6. The number of hydrogen-bond donors (Lipinski definition) is 3. The third kappa shape index (κ3) is 15.1. The van der Waals surface area contributed by atoms with Crippen LogP contribution in [0.2, 0.25) is 0 Å². The molecular formula is C32H46N2O17. The van der Waals surface area contributed by atoms with Crippen LogP contribution in [0.25, 0.3) is 0 Å². The van der Waals surface area contributed by atoms with Gasteiger partial charge in [-0.05, 0) is 38.5 Å². The monoisotopic (exact) mass is 730 g/mol. The van der Waals surface area contributed by atoms with Crippen molar-refractivity contribution in [3.63, 3.8) is 0 Å². The molecule has 1 aliphatic rings. The Balaban J connectivity index is 2.07. The maximum absolute atomic E-state index is 13.3. The molecule has 51 heavy (non-hydrogen) atoms. The van der Waals surface area contributed by atoms with Crippen LogP contribution in [-0.4, -0.2) is 124 Å². The van der Waals surface area contributed by atoms with Crippen LogP contribution in [-0.2, 0) is 68.5 Å². The van der Waals surface area contributed by atoms with Gasteiger partial charge in [0.2, 0.25) is 12.4 Å². The number of benzene rings is 1. The predicted octanol–water partition coefficient (Wildman–Crippen LogP) is 0.470. The summed E-state index contributed by atoms with van der Waals surface area (Å²) < 4.78 is 48.3. The average molecular weight is 731 g/mol. The maximum atomic E-state index is 13.3. The highest BCUT2D eigenvalue weighted by atomic mass is 16.7. The standard InChI is InChI=1S/C32H46N2O17/c1-18(36)46-24-25(47-19(2)37)27(48-20(3)38)30(50-26(24)29(40)42-7)49-23-9-8-21(17-35)16-22(23)28(39)33-10-11-43-12-13-44-14-15-45-34-31(41)51-32(4,5)6/h8-9,16,24-27,30,35H,10-15,17H2,1-7H3,(H,33,39)(H,34,41)/t24-,25-,26-,27+,30+/m0/s1. The summed E-state index contributed by atoms with van der Waals surface area (Å²) in [6, 6.07) is 4.12. The SMILES string of the molecule is COC(=O)[C@H]1O[C@@H](Oc2ccc(CO)cc2C(=O)NCCOCCOCCONC(=O)OC(C)(C)C)[C@H](OC(C)=O)[C@@H](OC(C)=O)[C@@H]1OC(C)=O. The molecule has 2 amide bonds. The Kier molecular flexibility index (Phi) is 17.5. The summed E-state index contributed by atoms with van der Waals surface area (Å²) in [5.74, 6) is -4.44. The number of methoxy groups -OCH3 is 1. The van der Waals surface area contributed by atoms with E-state index in [0.29, 0.717) is 5.56 Å². The summed E-state index contributed by atoms with van der Waals surface area (Å²) in [5.41, 5.74) is 1.73. The number of aliphatic hydroxyl groups excluding tert-OH is 1. The summed E-state index contributed by atoms with van der Waals surface area (Å²) in [4.78, 5) is 78.6. The largest absolute Gasteiger partial charge is 0.467 e. The van der Waals surface area contributed by atoms with Crippen LogP contribution in [0, 0.1) is 0 Å². The molecule has 1 heterocycles. The third-order valence-electron chi connectivity index (χ3n) is 6.34. The molecule has 19 nitrogen and oxygen atoms in total. The van der Waals surface area contributed by atoms with E-state index < -0.39 is 78.8 Å². The van der Waals surface area contributed by atoms with E-state index in [-0.39, 0.29) is 50.9 Å². The number of hydroxylamine groups is 1. The first-order chi connectivity index (χ1) is 24.1. The summed E-state index contributed by atoms with van der Waals surface area (Å²) in [6.07, 6.45) is -8.96. The van der Waals surface area contributed by atoms with E-state index in [1.165, 1.54) is 18.2 Å². The van der Waals surface area contributed by atoms with Crippen molar-refractivity contribution < 1.29 is 81.3 Å². The van der Waals surface area contributed by atoms with E-state index in [4.69, 9.17) is 47.5 Å². The molecule has 0 unspecified atom stereocenters. The molecule has 0 saturated carbocycles. The fourth-order valence-electron chi connectivity index (χ4n) is 4.42. The molecule has 1 saturated heterocycles. The Bertz CT molecular complexity index is 1350. The van der Waals surface area contributed by atoms with Gasteiger partial charge in [0.25, 0.3) is 5.91 Å². The van der Waals surface area contributed by atoms with Gasteiger partial charge in [0.1, 0.15) is 11.4 Å². The Morgan fingerprint density at radius 1 is 0.824 bits per heavy atom. The molecule has 3 N–H and O–H groups in total. The normalized spacial score (nSPS) is 20.0. The van der Waals surface area contributed by atoms with Crippen molar-refractivity contribution in [2.75, 3.05) is 46.7 Å². The number of aliphatic hydroxyl groups is 1. The van der Waals surface area contributed by atoms with Crippen molar-refractivity contribution in [2.45, 2.75) is 84.5 Å². The van der Waals surface area contributed by atoms with Gasteiger partial charge in [-0.1, -0.05) is 6.07 Å². The molecule has 1 aromatic rings. The molecule has 0 spiro atoms. The van der Waals surface area contributed by atoms with Crippen molar-refractivity contribution in [3.8, 4) is 5.75 Å². The fraction of sp³-hybridized carbons (Fsp3) is 0.625. The molecule has 19 heteroatoms. The molecule has 286 valence electrons.